The third kappa shape index (κ3) is 7.67. The molecule has 0 aliphatic carbocycles. The molecule has 0 aromatic rings. The molecule has 1 aliphatic rings. The Morgan fingerprint density at radius 3 is 2.60 bits per heavy atom. The Balaban J connectivity index is 1.93. The molecular formula is C14H29N3O3. The van der Waals surface area contributed by atoms with Crippen LogP contribution in [0.1, 0.15) is 26.7 Å². The lowest BCUT2D eigenvalue weighted by Gasteiger charge is -2.23. The summed E-state index contributed by atoms with van der Waals surface area (Å²) >= 11 is 0. The van der Waals surface area contributed by atoms with E-state index in [1.807, 2.05) is 0 Å². The van der Waals surface area contributed by atoms with Gasteiger partial charge in [-0.1, -0.05) is 13.8 Å². The van der Waals surface area contributed by atoms with Crippen molar-refractivity contribution in [3.8, 4) is 0 Å². The van der Waals surface area contributed by atoms with Crippen LogP contribution in [-0.2, 0) is 9.47 Å². The Morgan fingerprint density at radius 1 is 1.25 bits per heavy atom. The number of carbonyl (C=O) groups excluding carboxylic acids is 1. The molecule has 1 saturated heterocycles. The SMILES string of the molecule is CCN(CC)CCOCCNC(=O)NC1CCOCC1. The minimum atomic E-state index is -0.107. The second-order valence-electron chi connectivity index (χ2n) is 4.93. The van der Waals surface area contributed by atoms with Crippen LogP contribution in [0.5, 0.6) is 0 Å². The van der Waals surface area contributed by atoms with Crippen molar-refractivity contribution in [1.82, 2.24) is 15.5 Å². The molecule has 0 spiro atoms. The molecule has 6 nitrogen and oxygen atoms in total. The average molecular weight is 287 g/mol. The molecular weight excluding hydrogens is 258 g/mol. The first kappa shape index (κ1) is 17.2. The molecule has 1 heterocycles. The summed E-state index contributed by atoms with van der Waals surface area (Å²) in [5.74, 6) is 0. The van der Waals surface area contributed by atoms with Crippen LogP contribution in [0.2, 0.25) is 0 Å². The third-order valence-corrected chi connectivity index (χ3v) is 3.53. The molecule has 1 rings (SSSR count). The molecule has 0 aromatic heterocycles. The van der Waals surface area contributed by atoms with Gasteiger partial charge in [-0.2, -0.15) is 0 Å². The molecule has 2 N–H and O–H groups in total. The number of nitrogens with one attached hydrogen (secondary N) is 2. The van der Waals surface area contributed by atoms with Gasteiger partial charge in [-0.05, 0) is 25.9 Å². The Kier molecular flexibility index (Phi) is 9.36. The molecule has 0 aromatic carbocycles. The summed E-state index contributed by atoms with van der Waals surface area (Å²) in [6.45, 7) is 10.6. The molecule has 0 unspecified atom stereocenters. The number of carbonyl (C=O) groups is 1. The molecule has 1 aliphatic heterocycles. The maximum absolute atomic E-state index is 11.6. The van der Waals surface area contributed by atoms with E-state index >= 15 is 0 Å². The number of ether oxygens (including phenoxy) is 2. The Hall–Kier alpha value is -0.850. The summed E-state index contributed by atoms with van der Waals surface area (Å²) in [7, 11) is 0. The molecule has 0 bridgehead atoms. The quantitative estimate of drug-likeness (QED) is 0.616. The highest BCUT2D eigenvalue weighted by atomic mass is 16.5. The predicted molar refractivity (Wildman–Crippen MR) is 79.0 cm³/mol. The van der Waals surface area contributed by atoms with Crippen LogP contribution in [0, 0.1) is 0 Å². The van der Waals surface area contributed by atoms with Gasteiger partial charge in [-0.15, -0.1) is 0 Å². The van der Waals surface area contributed by atoms with Crippen molar-refractivity contribution in [1.29, 1.82) is 0 Å². The second kappa shape index (κ2) is 10.9. The number of urea groups is 1. The second-order valence-corrected chi connectivity index (χ2v) is 4.93. The fraction of sp³-hybridized carbons (Fsp3) is 0.929. The maximum atomic E-state index is 11.6. The highest BCUT2D eigenvalue weighted by molar-refractivity contribution is 5.74. The number of hydrogen-bond donors (Lipinski definition) is 2. The van der Waals surface area contributed by atoms with Gasteiger partial charge in [-0.3, -0.25) is 0 Å². The van der Waals surface area contributed by atoms with E-state index in [9.17, 15) is 4.79 Å². The van der Waals surface area contributed by atoms with E-state index in [1.165, 1.54) is 0 Å². The summed E-state index contributed by atoms with van der Waals surface area (Å²) in [6, 6.07) is 0.136. The minimum Gasteiger partial charge on any atom is -0.381 e. The van der Waals surface area contributed by atoms with Crippen molar-refractivity contribution in [2.24, 2.45) is 0 Å². The maximum Gasteiger partial charge on any atom is 0.315 e. The Bertz CT molecular complexity index is 254. The number of nitrogens with zero attached hydrogens (tertiary/aromatic N) is 1. The van der Waals surface area contributed by atoms with E-state index in [-0.39, 0.29) is 12.1 Å². The van der Waals surface area contributed by atoms with E-state index in [2.05, 4.69) is 29.4 Å². The van der Waals surface area contributed by atoms with Crippen molar-refractivity contribution in [2.75, 3.05) is 52.6 Å². The molecule has 0 saturated carbocycles. The summed E-state index contributed by atoms with van der Waals surface area (Å²) in [4.78, 5) is 13.9. The van der Waals surface area contributed by atoms with Crippen molar-refractivity contribution < 1.29 is 14.3 Å². The number of rotatable bonds is 9. The summed E-state index contributed by atoms with van der Waals surface area (Å²) in [6.07, 6.45) is 1.79. The molecule has 1 fully saturated rings. The fourth-order valence-corrected chi connectivity index (χ4v) is 2.15. The third-order valence-electron chi connectivity index (χ3n) is 3.53. The first-order chi connectivity index (χ1) is 9.76. The summed E-state index contributed by atoms with van der Waals surface area (Å²) in [5, 5.41) is 5.77. The molecule has 2 amide bonds. The summed E-state index contributed by atoms with van der Waals surface area (Å²) in [5.41, 5.74) is 0. The van der Waals surface area contributed by atoms with Gasteiger partial charge in [0.25, 0.3) is 0 Å². The first-order valence-electron chi connectivity index (χ1n) is 7.68. The van der Waals surface area contributed by atoms with Gasteiger partial charge in [0.05, 0.1) is 13.2 Å². The number of hydrogen-bond acceptors (Lipinski definition) is 4. The molecule has 118 valence electrons. The zero-order valence-corrected chi connectivity index (χ0v) is 12.8. The molecule has 20 heavy (non-hydrogen) atoms. The van der Waals surface area contributed by atoms with Gasteiger partial charge in [0.2, 0.25) is 0 Å². The average Bonchev–Trinajstić information content (AvgIpc) is 2.47. The van der Waals surface area contributed by atoms with Crippen molar-refractivity contribution in [3.63, 3.8) is 0 Å². The molecule has 6 heteroatoms. The largest absolute Gasteiger partial charge is 0.381 e. The smallest absolute Gasteiger partial charge is 0.315 e. The van der Waals surface area contributed by atoms with E-state index in [1.54, 1.807) is 0 Å². The van der Waals surface area contributed by atoms with Crippen LogP contribution >= 0.6 is 0 Å². The lowest BCUT2D eigenvalue weighted by molar-refractivity contribution is 0.0796. The van der Waals surface area contributed by atoms with Crippen LogP contribution in [0.25, 0.3) is 0 Å². The predicted octanol–water partition coefficient (Wildman–Crippen LogP) is 0.823. The number of likely N-dealkylation sites (N-methyl/N-ethyl adjacent to an activating group) is 1. The Labute approximate surface area is 122 Å². The van der Waals surface area contributed by atoms with Gasteiger partial charge in [-0.25, -0.2) is 4.79 Å². The topological polar surface area (TPSA) is 62.8 Å². The minimum absolute atomic E-state index is 0.107. The normalized spacial score (nSPS) is 16.4. The van der Waals surface area contributed by atoms with Gasteiger partial charge in [0.15, 0.2) is 0 Å². The van der Waals surface area contributed by atoms with E-state index in [0.717, 1.165) is 45.7 Å². The number of amides is 2. The van der Waals surface area contributed by atoms with Crippen molar-refractivity contribution >= 4 is 6.03 Å². The van der Waals surface area contributed by atoms with E-state index in [4.69, 9.17) is 9.47 Å². The summed E-state index contributed by atoms with van der Waals surface area (Å²) < 4.78 is 10.8. The zero-order chi connectivity index (χ0) is 14.6. The van der Waals surface area contributed by atoms with Crippen LogP contribution in [0.3, 0.4) is 0 Å². The highest BCUT2D eigenvalue weighted by Crippen LogP contribution is 2.05. The van der Waals surface area contributed by atoms with Gasteiger partial charge >= 0.3 is 6.03 Å². The lowest BCUT2D eigenvalue weighted by Crippen LogP contribution is -2.45. The lowest BCUT2D eigenvalue weighted by atomic mass is 10.1. The van der Waals surface area contributed by atoms with E-state index in [0.29, 0.717) is 19.8 Å². The van der Waals surface area contributed by atoms with Crippen LogP contribution < -0.4 is 10.6 Å². The molecule has 0 atom stereocenters. The standard InChI is InChI=1S/C14H29N3O3/c1-3-17(4-2)8-12-20-11-7-15-14(18)16-13-5-9-19-10-6-13/h13H,3-12H2,1-2H3,(H2,15,16,18). The monoisotopic (exact) mass is 287 g/mol. The highest BCUT2D eigenvalue weighted by Gasteiger charge is 2.15. The van der Waals surface area contributed by atoms with E-state index < -0.39 is 0 Å². The van der Waals surface area contributed by atoms with Crippen molar-refractivity contribution in [3.05, 3.63) is 0 Å². The van der Waals surface area contributed by atoms with Crippen LogP contribution in [0.15, 0.2) is 0 Å². The molecule has 0 radical (unpaired) electrons. The Morgan fingerprint density at radius 2 is 1.95 bits per heavy atom. The fourth-order valence-electron chi connectivity index (χ4n) is 2.15. The van der Waals surface area contributed by atoms with Gasteiger partial charge < -0.3 is 25.0 Å². The van der Waals surface area contributed by atoms with Gasteiger partial charge in [0, 0.05) is 32.3 Å². The van der Waals surface area contributed by atoms with Crippen LogP contribution in [-0.4, -0.2) is 69.6 Å². The van der Waals surface area contributed by atoms with Gasteiger partial charge in [0.1, 0.15) is 0 Å². The zero-order valence-electron chi connectivity index (χ0n) is 12.8. The van der Waals surface area contributed by atoms with Crippen molar-refractivity contribution in [2.45, 2.75) is 32.7 Å². The van der Waals surface area contributed by atoms with Crippen LogP contribution in [0.4, 0.5) is 4.79 Å². The first-order valence-corrected chi connectivity index (χ1v) is 7.68.